The number of nitrogens with zero attached hydrogens (tertiary/aromatic N) is 3. The van der Waals surface area contributed by atoms with E-state index < -0.39 is 15.2 Å². The number of hydrogen-bond donors (Lipinski definition) is 4. The molecule has 0 atom stereocenters. The third-order valence-electron chi connectivity index (χ3n) is 2.02. The van der Waals surface area contributed by atoms with Gasteiger partial charge in [-0.3, -0.25) is 0 Å². The Balaban J connectivity index is 2.80. The van der Waals surface area contributed by atoms with Crippen molar-refractivity contribution in [1.29, 1.82) is 0 Å². The first-order valence-corrected chi connectivity index (χ1v) is 5.60. The van der Waals surface area contributed by atoms with E-state index in [4.69, 9.17) is 0 Å². The van der Waals surface area contributed by atoms with Crippen molar-refractivity contribution >= 4 is 51.8 Å². The molecule has 2 rings (SSSR count). The number of aromatic amines is 1. The summed E-state index contributed by atoms with van der Waals surface area (Å²) in [5.74, 6) is -0.115. The molecule has 0 saturated heterocycles. The number of aromatic nitrogens is 4. The van der Waals surface area contributed by atoms with E-state index in [9.17, 15) is 15.3 Å². The highest BCUT2D eigenvalue weighted by molar-refractivity contribution is 7.80. The number of aliphatic hydroxyl groups is 3. The maximum atomic E-state index is 9.34. The zero-order valence-corrected chi connectivity index (χ0v) is 10.9. The van der Waals surface area contributed by atoms with Gasteiger partial charge in [0.05, 0.1) is 0 Å². The summed E-state index contributed by atoms with van der Waals surface area (Å²) in [4.78, 5) is 6.41. The van der Waals surface area contributed by atoms with Gasteiger partial charge in [-0.05, 0) is 36.7 Å². The van der Waals surface area contributed by atoms with E-state index in [1.807, 2.05) is 0 Å². The third-order valence-corrected chi connectivity index (χ3v) is 2.60. The van der Waals surface area contributed by atoms with Crippen LogP contribution in [0.2, 0.25) is 0 Å². The molecule has 18 heavy (non-hydrogen) atoms. The second-order valence-corrected chi connectivity index (χ2v) is 4.28. The fourth-order valence-corrected chi connectivity index (χ4v) is 1.69. The molecular formula is C8H4N4O3S3. The minimum absolute atomic E-state index is 0.0163. The molecule has 0 aromatic carbocycles. The first-order valence-electron chi connectivity index (χ1n) is 4.38. The van der Waals surface area contributed by atoms with Crippen LogP contribution in [-0.4, -0.2) is 50.6 Å². The van der Waals surface area contributed by atoms with Crippen molar-refractivity contribution in [1.82, 2.24) is 20.2 Å². The quantitative estimate of drug-likeness (QED) is 0.616. The predicted octanol–water partition coefficient (Wildman–Crippen LogP) is 1.00. The maximum Gasteiger partial charge on any atom is 0.225 e. The highest BCUT2D eigenvalue weighted by Gasteiger charge is 2.25. The normalized spacial score (nSPS) is 10.4. The highest BCUT2D eigenvalue weighted by atomic mass is 32.1. The molecule has 0 spiro atoms. The number of fused-ring (bicyclic) bond motifs is 1. The lowest BCUT2D eigenvalue weighted by Crippen LogP contribution is -2.13. The summed E-state index contributed by atoms with van der Waals surface area (Å²) >= 11 is 13.7. The minimum Gasteiger partial charge on any atom is -0.497 e. The number of hydrogen-bond acceptors (Lipinski definition) is 6. The zero-order valence-electron chi connectivity index (χ0n) is 8.41. The lowest BCUT2D eigenvalue weighted by Gasteiger charge is -2.07. The fraction of sp³-hybridized carbons (Fsp3) is 0. The molecule has 4 N–H and O–H groups in total. The van der Waals surface area contributed by atoms with Crippen LogP contribution in [0.25, 0.3) is 11.4 Å². The van der Waals surface area contributed by atoms with Crippen LogP contribution in [0.15, 0.2) is 0 Å². The molecule has 7 nitrogen and oxygen atoms in total. The van der Waals surface area contributed by atoms with Crippen LogP contribution in [0, 0.1) is 0 Å². The van der Waals surface area contributed by atoms with Crippen molar-refractivity contribution < 1.29 is 15.3 Å². The highest BCUT2D eigenvalue weighted by Crippen LogP contribution is 2.24. The Kier molecular flexibility index (Phi) is 3.15. The van der Waals surface area contributed by atoms with Crippen LogP contribution in [-0.2, 0) is 0 Å². The SMILES string of the molecule is OC(=S)c1nc(C(O)=S)c2nnc(C(O)=S)c-2[nH]1. The summed E-state index contributed by atoms with van der Waals surface area (Å²) in [5, 5.41) is 33.6. The monoisotopic (exact) mass is 300 g/mol. The van der Waals surface area contributed by atoms with Gasteiger partial charge in [-0.15, -0.1) is 10.2 Å². The van der Waals surface area contributed by atoms with E-state index in [0.29, 0.717) is 0 Å². The van der Waals surface area contributed by atoms with Crippen LogP contribution < -0.4 is 0 Å². The Morgan fingerprint density at radius 3 is 2.00 bits per heavy atom. The van der Waals surface area contributed by atoms with Gasteiger partial charge < -0.3 is 20.3 Å². The number of aliphatic hydroxyl groups excluding tert-OH is 3. The van der Waals surface area contributed by atoms with Crippen molar-refractivity contribution in [3.63, 3.8) is 0 Å². The lowest BCUT2D eigenvalue weighted by atomic mass is 10.2. The van der Waals surface area contributed by atoms with E-state index in [-0.39, 0.29) is 28.6 Å². The molecule has 0 amide bonds. The first kappa shape index (κ1) is 12.7. The molecule has 0 aromatic rings. The second-order valence-electron chi connectivity index (χ2n) is 3.12. The van der Waals surface area contributed by atoms with Crippen molar-refractivity contribution in [2.24, 2.45) is 0 Å². The average Bonchev–Trinajstić information content (AvgIpc) is 2.70. The van der Waals surface area contributed by atoms with Gasteiger partial charge in [0.15, 0.2) is 11.5 Å². The van der Waals surface area contributed by atoms with Crippen LogP contribution in [0.3, 0.4) is 0 Å². The molecule has 0 aliphatic carbocycles. The zero-order chi connectivity index (χ0) is 13.4. The van der Waals surface area contributed by atoms with Gasteiger partial charge in [0.2, 0.25) is 15.2 Å². The smallest absolute Gasteiger partial charge is 0.225 e. The van der Waals surface area contributed by atoms with E-state index in [1.54, 1.807) is 0 Å². The molecule has 0 radical (unpaired) electrons. The Hall–Kier alpha value is -1.78. The van der Waals surface area contributed by atoms with Crippen LogP contribution in [0.1, 0.15) is 17.2 Å². The Bertz CT molecular complexity index is 653. The van der Waals surface area contributed by atoms with Gasteiger partial charge in [-0.25, -0.2) is 4.98 Å². The van der Waals surface area contributed by atoms with E-state index in [0.717, 1.165) is 0 Å². The first-order chi connectivity index (χ1) is 8.41. The molecule has 0 fully saturated rings. The second kappa shape index (κ2) is 4.48. The largest absolute Gasteiger partial charge is 0.497 e. The van der Waals surface area contributed by atoms with Gasteiger partial charge in [-0.1, -0.05) is 0 Å². The molecule has 92 valence electrons. The molecule has 10 heteroatoms. The molecule has 0 bridgehead atoms. The van der Waals surface area contributed by atoms with Gasteiger partial charge in [0.25, 0.3) is 0 Å². The number of nitrogens with one attached hydrogen (secondary N) is 1. The summed E-state index contributed by atoms with van der Waals surface area (Å²) in [6, 6.07) is 0. The molecule has 2 aliphatic heterocycles. The topological polar surface area (TPSA) is 115 Å². The standard InChI is InChI=1S/C8H4N4O3S3/c13-6(16)3-2-1(4(7(14)17)12-11-2)9-5(10-3)8(15)18/h(H,9,10)(H,13,16)(H,14,17)(H,15,18). The fourth-order valence-electron chi connectivity index (χ4n) is 1.31. The van der Waals surface area contributed by atoms with Gasteiger partial charge >= 0.3 is 0 Å². The van der Waals surface area contributed by atoms with Crippen molar-refractivity contribution in [2.75, 3.05) is 0 Å². The summed E-state index contributed by atoms with van der Waals surface area (Å²) in [6.45, 7) is 0. The third kappa shape index (κ3) is 2.00. The van der Waals surface area contributed by atoms with Crippen molar-refractivity contribution in [3.8, 4) is 11.4 Å². The molecule has 2 aliphatic rings. The van der Waals surface area contributed by atoms with Gasteiger partial charge in [-0.2, -0.15) is 0 Å². The predicted molar refractivity (Wildman–Crippen MR) is 73.8 cm³/mol. The van der Waals surface area contributed by atoms with Gasteiger partial charge in [0, 0.05) is 0 Å². The maximum absolute atomic E-state index is 9.34. The number of thiocarbonyl (C=S) groups is 3. The van der Waals surface area contributed by atoms with Crippen LogP contribution >= 0.6 is 36.7 Å². The van der Waals surface area contributed by atoms with Gasteiger partial charge in [0.1, 0.15) is 17.1 Å². The summed E-state index contributed by atoms with van der Waals surface area (Å²) in [7, 11) is 0. The average molecular weight is 300 g/mol. The molecule has 0 unspecified atom stereocenters. The Labute approximate surface area is 116 Å². The Morgan fingerprint density at radius 2 is 1.50 bits per heavy atom. The molecule has 2 heterocycles. The molecule has 0 saturated carbocycles. The van der Waals surface area contributed by atoms with E-state index in [1.165, 1.54) is 0 Å². The van der Waals surface area contributed by atoms with Crippen LogP contribution in [0.4, 0.5) is 0 Å². The minimum atomic E-state index is -0.540. The summed E-state index contributed by atoms with van der Waals surface area (Å²) in [5.41, 5.74) is 0.196. The van der Waals surface area contributed by atoms with Crippen LogP contribution in [0.5, 0.6) is 0 Å². The summed E-state index contributed by atoms with van der Waals surface area (Å²) in [6.07, 6.45) is 0. The molecular weight excluding hydrogens is 296 g/mol. The number of H-pyrrole nitrogens is 1. The molecule has 0 aromatic heterocycles. The lowest BCUT2D eigenvalue weighted by molar-refractivity contribution is 0.560. The van der Waals surface area contributed by atoms with Crippen molar-refractivity contribution in [3.05, 3.63) is 17.2 Å². The van der Waals surface area contributed by atoms with E-state index >= 15 is 0 Å². The number of rotatable bonds is 3. The Morgan fingerprint density at radius 1 is 0.889 bits per heavy atom. The summed E-state index contributed by atoms with van der Waals surface area (Å²) < 4.78 is 0. The van der Waals surface area contributed by atoms with E-state index in [2.05, 4.69) is 56.8 Å². The van der Waals surface area contributed by atoms with Crippen molar-refractivity contribution in [2.45, 2.75) is 0 Å².